The van der Waals surface area contributed by atoms with E-state index in [1.807, 2.05) is 26.0 Å². The fourth-order valence-electron chi connectivity index (χ4n) is 2.42. The van der Waals surface area contributed by atoms with Gasteiger partial charge in [0.1, 0.15) is 5.84 Å². The molecule has 1 amide bonds. The van der Waals surface area contributed by atoms with Crippen LogP contribution in [0.2, 0.25) is 0 Å². The van der Waals surface area contributed by atoms with Gasteiger partial charge in [0.25, 0.3) is 0 Å². The highest BCUT2D eigenvalue weighted by atomic mass is 16.4. The maximum atomic E-state index is 12.2. The zero-order chi connectivity index (χ0) is 14.8. The molecule has 0 unspecified atom stereocenters. The number of hydrogen-bond acceptors (Lipinski definition) is 3. The van der Waals surface area contributed by atoms with E-state index in [0.29, 0.717) is 6.54 Å². The Morgan fingerprint density at radius 3 is 2.45 bits per heavy atom. The van der Waals surface area contributed by atoms with Crippen molar-refractivity contribution in [3.63, 3.8) is 0 Å². The number of hydrogen-bond donors (Lipinski definition) is 3. The molecule has 0 fully saturated rings. The predicted molar refractivity (Wildman–Crippen MR) is 77.5 cm³/mol. The second-order valence-corrected chi connectivity index (χ2v) is 5.96. The molecule has 0 saturated carbocycles. The normalized spacial score (nSPS) is 16.0. The molecule has 1 aliphatic rings. The highest BCUT2D eigenvalue weighted by Crippen LogP contribution is 2.26. The van der Waals surface area contributed by atoms with Gasteiger partial charge < -0.3 is 16.3 Å². The minimum absolute atomic E-state index is 0.0181. The van der Waals surface area contributed by atoms with E-state index in [0.717, 1.165) is 12.8 Å². The highest BCUT2D eigenvalue weighted by molar-refractivity contribution is 5.87. The largest absolute Gasteiger partial charge is 0.409 e. The first-order chi connectivity index (χ1) is 9.44. The third kappa shape index (κ3) is 2.92. The monoisotopic (exact) mass is 275 g/mol. The number of carbonyl (C=O) groups excluding carboxylic acids is 1. The summed E-state index contributed by atoms with van der Waals surface area (Å²) in [7, 11) is 0. The average Bonchev–Trinajstić information content (AvgIpc) is 2.87. The van der Waals surface area contributed by atoms with Crippen LogP contribution in [-0.4, -0.2) is 23.5 Å². The first-order valence-corrected chi connectivity index (χ1v) is 6.76. The minimum Gasteiger partial charge on any atom is -0.409 e. The molecule has 20 heavy (non-hydrogen) atoms. The Morgan fingerprint density at radius 1 is 1.40 bits per heavy atom. The molecule has 4 N–H and O–H groups in total. The molecular formula is C15H21N3O2. The average molecular weight is 275 g/mol. The number of fused-ring (bicyclic) bond motifs is 1. The number of rotatable bonds is 4. The van der Waals surface area contributed by atoms with Crippen molar-refractivity contribution < 1.29 is 10.0 Å². The van der Waals surface area contributed by atoms with Gasteiger partial charge in [0.2, 0.25) is 5.91 Å². The van der Waals surface area contributed by atoms with Crippen molar-refractivity contribution in [3.05, 3.63) is 35.4 Å². The molecule has 1 aromatic rings. The number of benzene rings is 1. The molecule has 5 heteroatoms. The summed E-state index contributed by atoms with van der Waals surface area (Å²) >= 11 is 0. The molecule has 0 aliphatic heterocycles. The molecule has 1 aliphatic carbocycles. The number of carbonyl (C=O) groups is 1. The topological polar surface area (TPSA) is 87.7 Å². The van der Waals surface area contributed by atoms with Crippen LogP contribution in [0.3, 0.4) is 0 Å². The van der Waals surface area contributed by atoms with E-state index < -0.39 is 5.41 Å². The lowest BCUT2D eigenvalue weighted by atomic mass is 9.91. The molecule has 0 saturated heterocycles. The Hall–Kier alpha value is -2.04. The third-order valence-electron chi connectivity index (χ3n) is 3.93. The van der Waals surface area contributed by atoms with Crippen molar-refractivity contribution in [3.8, 4) is 0 Å². The number of nitrogens with zero attached hydrogens (tertiary/aromatic N) is 1. The maximum absolute atomic E-state index is 12.2. The quantitative estimate of drug-likeness (QED) is 0.335. The van der Waals surface area contributed by atoms with Crippen LogP contribution in [0.25, 0.3) is 0 Å². The van der Waals surface area contributed by atoms with Crippen LogP contribution in [0.1, 0.15) is 25.0 Å². The summed E-state index contributed by atoms with van der Waals surface area (Å²) in [5.74, 6) is 0.128. The smallest absolute Gasteiger partial charge is 0.223 e. The van der Waals surface area contributed by atoms with Crippen molar-refractivity contribution in [1.82, 2.24) is 5.32 Å². The Kier molecular flexibility index (Phi) is 3.97. The Labute approximate surface area is 118 Å². The van der Waals surface area contributed by atoms with E-state index in [1.54, 1.807) is 0 Å². The molecule has 0 heterocycles. The Morgan fingerprint density at radius 2 is 1.95 bits per heavy atom. The lowest BCUT2D eigenvalue weighted by Crippen LogP contribution is -2.44. The molecule has 0 aromatic heterocycles. The predicted octanol–water partition coefficient (Wildman–Crippen LogP) is 1.29. The lowest BCUT2D eigenvalue weighted by Gasteiger charge is -2.24. The van der Waals surface area contributed by atoms with Crippen molar-refractivity contribution in [2.45, 2.75) is 26.7 Å². The maximum Gasteiger partial charge on any atom is 0.223 e. The number of oxime groups is 1. The summed E-state index contributed by atoms with van der Waals surface area (Å²) < 4.78 is 0. The zero-order valence-electron chi connectivity index (χ0n) is 11.9. The summed E-state index contributed by atoms with van der Waals surface area (Å²) in [6.45, 7) is 4.01. The molecule has 108 valence electrons. The fourth-order valence-corrected chi connectivity index (χ4v) is 2.42. The van der Waals surface area contributed by atoms with E-state index in [1.165, 1.54) is 11.1 Å². The van der Waals surface area contributed by atoms with Gasteiger partial charge in [-0.2, -0.15) is 0 Å². The molecule has 0 bridgehead atoms. The number of amidine groups is 1. The van der Waals surface area contributed by atoms with E-state index in [-0.39, 0.29) is 17.7 Å². The van der Waals surface area contributed by atoms with Crippen molar-refractivity contribution in [2.75, 3.05) is 6.54 Å². The number of nitrogens with two attached hydrogens (primary N) is 1. The summed E-state index contributed by atoms with van der Waals surface area (Å²) in [5.41, 5.74) is 7.55. The van der Waals surface area contributed by atoms with E-state index in [9.17, 15) is 4.79 Å². The van der Waals surface area contributed by atoms with Gasteiger partial charge in [0, 0.05) is 17.9 Å². The van der Waals surface area contributed by atoms with Gasteiger partial charge in [-0.3, -0.25) is 4.79 Å². The summed E-state index contributed by atoms with van der Waals surface area (Å²) in [6.07, 6.45) is 1.57. The van der Waals surface area contributed by atoms with Gasteiger partial charge in [-0.1, -0.05) is 43.3 Å². The molecule has 5 nitrogen and oxygen atoms in total. The summed E-state index contributed by atoms with van der Waals surface area (Å²) in [6, 6.07) is 8.15. The molecule has 0 atom stereocenters. The van der Waals surface area contributed by atoms with Gasteiger partial charge in [-0.25, -0.2) is 0 Å². The summed E-state index contributed by atoms with van der Waals surface area (Å²) in [4.78, 5) is 12.2. The van der Waals surface area contributed by atoms with Gasteiger partial charge in [-0.15, -0.1) is 0 Å². The first kappa shape index (κ1) is 14.4. The number of amides is 1. The molecule has 2 rings (SSSR count). The van der Waals surface area contributed by atoms with Crippen LogP contribution in [0.5, 0.6) is 0 Å². The first-order valence-electron chi connectivity index (χ1n) is 6.76. The van der Waals surface area contributed by atoms with Crippen LogP contribution < -0.4 is 11.1 Å². The minimum atomic E-state index is -0.560. The van der Waals surface area contributed by atoms with Crippen molar-refractivity contribution in [2.24, 2.45) is 22.2 Å². The van der Waals surface area contributed by atoms with Crippen molar-refractivity contribution in [1.29, 1.82) is 0 Å². The fraction of sp³-hybridized carbons (Fsp3) is 0.467. The second-order valence-electron chi connectivity index (χ2n) is 5.96. The standard InChI is InChI=1S/C15H21N3O2/c1-15(2,14(16)18-20)9-17-13(19)12-7-10-5-3-4-6-11(10)8-12/h3-6,12,20H,7-9H2,1-2H3,(H2,16,18)(H,17,19). The zero-order valence-corrected chi connectivity index (χ0v) is 11.9. The van der Waals surface area contributed by atoms with Crippen LogP contribution in [0.4, 0.5) is 0 Å². The molecular weight excluding hydrogens is 254 g/mol. The van der Waals surface area contributed by atoms with Crippen molar-refractivity contribution >= 4 is 11.7 Å². The Balaban J connectivity index is 1.92. The summed E-state index contributed by atoms with van der Waals surface area (Å²) in [5, 5.41) is 14.6. The number of nitrogens with one attached hydrogen (secondary N) is 1. The van der Waals surface area contributed by atoms with Crippen LogP contribution >= 0.6 is 0 Å². The Bertz CT molecular complexity index is 513. The molecule has 1 aromatic carbocycles. The molecule has 0 radical (unpaired) electrons. The van der Waals surface area contributed by atoms with Gasteiger partial charge in [0.05, 0.1) is 0 Å². The SMILES string of the molecule is CC(C)(CNC(=O)C1Cc2ccccc2C1)/C(N)=N/O. The second kappa shape index (κ2) is 5.53. The van der Waals surface area contributed by atoms with Gasteiger partial charge in [0.15, 0.2) is 0 Å². The van der Waals surface area contributed by atoms with Gasteiger partial charge >= 0.3 is 0 Å². The highest BCUT2D eigenvalue weighted by Gasteiger charge is 2.29. The molecule has 0 spiro atoms. The van der Waals surface area contributed by atoms with E-state index >= 15 is 0 Å². The van der Waals surface area contributed by atoms with Crippen LogP contribution in [0.15, 0.2) is 29.4 Å². The van der Waals surface area contributed by atoms with Crippen LogP contribution in [0, 0.1) is 11.3 Å². The van der Waals surface area contributed by atoms with Gasteiger partial charge in [-0.05, 0) is 24.0 Å². The van der Waals surface area contributed by atoms with E-state index in [2.05, 4.69) is 22.6 Å². The lowest BCUT2D eigenvalue weighted by molar-refractivity contribution is -0.125. The third-order valence-corrected chi connectivity index (χ3v) is 3.93. The van der Waals surface area contributed by atoms with E-state index in [4.69, 9.17) is 10.9 Å². The van der Waals surface area contributed by atoms with Crippen LogP contribution in [-0.2, 0) is 17.6 Å².